The Morgan fingerprint density at radius 2 is 1.95 bits per heavy atom. The summed E-state index contributed by atoms with van der Waals surface area (Å²) in [5, 5.41) is 11.5. The van der Waals surface area contributed by atoms with E-state index in [1.165, 1.54) is 31.2 Å². The third kappa shape index (κ3) is 3.56. The molecular formula is C13H15N3O3S. The molecule has 1 unspecified atom stereocenters. The van der Waals surface area contributed by atoms with Crippen LogP contribution in [0.1, 0.15) is 19.8 Å². The number of carbonyl (C=O) groups is 1. The minimum absolute atomic E-state index is 0.0764. The summed E-state index contributed by atoms with van der Waals surface area (Å²) in [4.78, 5) is 11.0. The van der Waals surface area contributed by atoms with Crippen LogP contribution in [0.4, 0.5) is 5.69 Å². The van der Waals surface area contributed by atoms with Gasteiger partial charge in [0.1, 0.15) is 6.04 Å². The highest BCUT2D eigenvalue weighted by molar-refractivity contribution is 7.89. The lowest BCUT2D eigenvalue weighted by Crippen LogP contribution is -2.35. The standard InChI is InChI=1S/C13H15N3O3S/c1-9(17)15-11-4-6-12(7-5-11)20(18,19)16-13(8-14)10-2-3-10/h4-7,10,13,16H,2-3H2,1H3,(H,15,17). The van der Waals surface area contributed by atoms with E-state index >= 15 is 0 Å². The van der Waals surface area contributed by atoms with E-state index in [4.69, 9.17) is 5.26 Å². The van der Waals surface area contributed by atoms with Crippen molar-refractivity contribution in [2.24, 2.45) is 5.92 Å². The van der Waals surface area contributed by atoms with Crippen LogP contribution >= 0.6 is 0 Å². The molecule has 0 bridgehead atoms. The number of nitrogens with zero attached hydrogens (tertiary/aromatic N) is 1. The van der Waals surface area contributed by atoms with Crippen molar-refractivity contribution in [2.45, 2.75) is 30.7 Å². The maximum absolute atomic E-state index is 12.1. The molecule has 2 rings (SSSR count). The number of hydrogen-bond donors (Lipinski definition) is 2. The van der Waals surface area contributed by atoms with Gasteiger partial charge in [0.15, 0.2) is 0 Å². The van der Waals surface area contributed by atoms with E-state index in [9.17, 15) is 13.2 Å². The van der Waals surface area contributed by atoms with Gasteiger partial charge in [0.25, 0.3) is 0 Å². The predicted molar refractivity (Wildman–Crippen MR) is 73.2 cm³/mol. The van der Waals surface area contributed by atoms with Gasteiger partial charge in [0.2, 0.25) is 15.9 Å². The molecule has 0 aromatic heterocycles. The van der Waals surface area contributed by atoms with Crippen LogP contribution in [0.25, 0.3) is 0 Å². The summed E-state index contributed by atoms with van der Waals surface area (Å²) in [6.07, 6.45) is 1.75. The molecule has 7 heteroatoms. The van der Waals surface area contributed by atoms with Crippen molar-refractivity contribution in [3.63, 3.8) is 0 Å². The lowest BCUT2D eigenvalue weighted by Gasteiger charge is -2.11. The van der Waals surface area contributed by atoms with Crippen LogP contribution in [0.5, 0.6) is 0 Å². The molecule has 1 aromatic carbocycles. The normalized spacial score (nSPS) is 16.2. The molecule has 0 radical (unpaired) electrons. The quantitative estimate of drug-likeness (QED) is 0.852. The number of sulfonamides is 1. The summed E-state index contributed by atoms with van der Waals surface area (Å²) < 4.78 is 26.6. The van der Waals surface area contributed by atoms with E-state index in [0.717, 1.165) is 12.8 Å². The van der Waals surface area contributed by atoms with Crippen molar-refractivity contribution in [2.75, 3.05) is 5.32 Å². The molecule has 1 atom stereocenters. The van der Waals surface area contributed by atoms with Crippen molar-refractivity contribution < 1.29 is 13.2 Å². The zero-order valence-corrected chi connectivity index (χ0v) is 11.8. The highest BCUT2D eigenvalue weighted by Crippen LogP contribution is 2.33. The molecule has 0 saturated heterocycles. The van der Waals surface area contributed by atoms with Crippen LogP contribution in [0.2, 0.25) is 0 Å². The SMILES string of the molecule is CC(=O)Nc1ccc(S(=O)(=O)NC(C#N)C2CC2)cc1. The number of rotatable bonds is 5. The predicted octanol–water partition coefficient (Wildman–Crippen LogP) is 1.23. The van der Waals surface area contributed by atoms with Crippen molar-refractivity contribution in [1.29, 1.82) is 5.26 Å². The minimum Gasteiger partial charge on any atom is -0.326 e. The first kappa shape index (κ1) is 14.5. The molecule has 106 valence electrons. The van der Waals surface area contributed by atoms with Gasteiger partial charge in [0.05, 0.1) is 11.0 Å². The van der Waals surface area contributed by atoms with Gasteiger partial charge in [-0.2, -0.15) is 9.98 Å². The van der Waals surface area contributed by atoms with Crippen LogP contribution in [-0.2, 0) is 14.8 Å². The smallest absolute Gasteiger partial charge is 0.241 e. The van der Waals surface area contributed by atoms with Gasteiger partial charge in [-0.1, -0.05) is 0 Å². The molecule has 1 aromatic rings. The van der Waals surface area contributed by atoms with E-state index < -0.39 is 16.1 Å². The number of benzene rings is 1. The fourth-order valence-electron chi connectivity index (χ4n) is 1.81. The first-order valence-corrected chi connectivity index (χ1v) is 7.70. The molecule has 1 amide bonds. The molecule has 1 fully saturated rings. The molecule has 0 heterocycles. The van der Waals surface area contributed by atoms with E-state index in [1.54, 1.807) is 0 Å². The Hall–Kier alpha value is -1.91. The molecule has 1 saturated carbocycles. The third-order valence-corrected chi connectivity index (χ3v) is 4.46. The van der Waals surface area contributed by atoms with Gasteiger partial charge < -0.3 is 5.32 Å². The molecule has 0 spiro atoms. The lowest BCUT2D eigenvalue weighted by molar-refractivity contribution is -0.114. The summed E-state index contributed by atoms with van der Waals surface area (Å²) in [5.74, 6) is -0.106. The largest absolute Gasteiger partial charge is 0.326 e. The molecule has 20 heavy (non-hydrogen) atoms. The Balaban J connectivity index is 2.13. The fraction of sp³-hybridized carbons (Fsp3) is 0.385. The summed E-state index contributed by atoms with van der Waals surface area (Å²) in [5.41, 5.74) is 0.524. The highest BCUT2D eigenvalue weighted by atomic mass is 32.2. The summed E-state index contributed by atoms with van der Waals surface area (Å²) in [6.45, 7) is 1.37. The maximum Gasteiger partial charge on any atom is 0.241 e. The number of anilines is 1. The van der Waals surface area contributed by atoms with Crippen molar-refractivity contribution in [3.05, 3.63) is 24.3 Å². The molecule has 1 aliphatic rings. The first-order chi connectivity index (χ1) is 9.42. The Bertz CT molecular complexity index is 642. The Kier molecular flexibility index (Phi) is 4.06. The third-order valence-electron chi connectivity index (χ3n) is 3.00. The van der Waals surface area contributed by atoms with Gasteiger partial charge >= 0.3 is 0 Å². The molecule has 6 nitrogen and oxygen atoms in total. The monoisotopic (exact) mass is 293 g/mol. The zero-order chi connectivity index (χ0) is 14.8. The Labute approximate surface area is 117 Å². The topological polar surface area (TPSA) is 99.1 Å². The van der Waals surface area contributed by atoms with Crippen LogP contribution in [-0.4, -0.2) is 20.4 Å². The molecule has 2 N–H and O–H groups in total. The molecule has 1 aliphatic carbocycles. The number of nitriles is 1. The van der Waals surface area contributed by atoms with Crippen molar-refractivity contribution >= 4 is 21.6 Å². The van der Waals surface area contributed by atoms with E-state index in [2.05, 4.69) is 10.0 Å². The van der Waals surface area contributed by atoms with Crippen LogP contribution in [0.15, 0.2) is 29.2 Å². The second-order valence-electron chi connectivity index (χ2n) is 4.77. The average molecular weight is 293 g/mol. The fourth-order valence-corrected chi connectivity index (χ4v) is 3.02. The Morgan fingerprint density at radius 3 is 2.40 bits per heavy atom. The van der Waals surface area contributed by atoms with Gasteiger partial charge in [-0.15, -0.1) is 0 Å². The van der Waals surface area contributed by atoms with Gasteiger partial charge in [0, 0.05) is 12.6 Å². The number of carbonyl (C=O) groups excluding carboxylic acids is 1. The van der Waals surface area contributed by atoms with Crippen molar-refractivity contribution in [1.82, 2.24) is 4.72 Å². The molecule has 0 aliphatic heterocycles. The second-order valence-corrected chi connectivity index (χ2v) is 6.49. The summed E-state index contributed by atoms with van der Waals surface area (Å²) in [7, 11) is -3.71. The lowest BCUT2D eigenvalue weighted by atomic mass is 10.2. The minimum atomic E-state index is -3.71. The maximum atomic E-state index is 12.1. The molecular weight excluding hydrogens is 278 g/mol. The number of amides is 1. The highest BCUT2D eigenvalue weighted by Gasteiger charge is 2.34. The number of hydrogen-bond acceptors (Lipinski definition) is 4. The van der Waals surface area contributed by atoms with E-state index in [1.807, 2.05) is 6.07 Å². The van der Waals surface area contributed by atoms with Crippen LogP contribution in [0.3, 0.4) is 0 Å². The van der Waals surface area contributed by atoms with Crippen LogP contribution in [0, 0.1) is 17.2 Å². The van der Waals surface area contributed by atoms with Crippen molar-refractivity contribution in [3.8, 4) is 6.07 Å². The first-order valence-electron chi connectivity index (χ1n) is 6.22. The Morgan fingerprint density at radius 1 is 1.35 bits per heavy atom. The van der Waals surface area contributed by atoms with E-state index in [0.29, 0.717) is 5.69 Å². The summed E-state index contributed by atoms with van der Waals surface area (Å²) in [6, 6.07) is 7.12. The van der Waals surface area contributed by atoms with Crippen LogP contribution < -0.4 is 10.0 Å². The van der Waals surface area contributed by atoms with E-state index in [-0.39, 0.29) is 16.7 Å². The van der Waals surface area contributed by atoms with Gasteiger partial charge in [-0.25, -0.2) is 8.42 Å². The number of nitrogens with one attached hydrogen (secondary N) is 2. The van der Waals surface area contributed by atoms with Gasteiger partial charge in [-0.3, -0.25) is 4.79 Å². The summed E-state index contributed by atoms with van der Waals surface area (Å²) >= 11 is 0. The zero-order valence-electron chi connectivity index (χ0n) is 11.0. The van der Waals surface area contributed by atoms with Gasteiger partial charge in [-0.05, 0) is 43.0 Å². The average Bonchev–Trinajstić information content (AvgIpc) is 3.20. The second kappa shape index (κ2) is 5.61.